The Bertz CT molecular complexity index is 923. The highest BCUT2D eigenvalue weighted by molar-refractivity contribution is 5.30. The molecule has 1 unspecified atom stereocenters. The van der Waals surface area contributed by atoms with Crippen molar-refractivity contribution in [3.05, 3.63) is 81.6 Å². The molecule has 0 radical (unpaired) electrons. The number of ether oxygens (including phenoxy) is 1. The molecule has 1 aliphatic rings. The van der Waals surface area contributed by atoms with Crippen LogP contribution in [0.5, 0.6) is 5.75 Å². The first-order valence-corrected chi connectivity index (χ1v) is 6.97. The lowest BCUT2D eigenvalue weighted by Gasteiger charge is -2.29. The molecule has 0 amide bonds. The second kappa shape index (κ2) is 4.77. The Labute approximate surface area is 125 Å². The van der Waals surface area contributed by atoms with Crippen molar-refractivity contribution in [3.8, 4) is 11.4 Å². The number of hydrogen-bond acceptors (Lipinski definition) is 3. The number of hydrogen-bond donors (Lipinski definition) is 0. The average Bonchev–Trinajstić information content (AvgIpc) is 2.72. The van der Waals surface area contributed by atoms with Gasteiger partial charge in [-0.3, -0.25) is 0 Å². The predicted octanol–water partition coefficient (Wildman–Crippen LogP) is 1.39. The molecule has 1 aromatic heterocycles. The van der Waals surface area contributed by atoms with Crippen molar-refractivity contribution < 1.29 is 4.74 Å². The van der Waals surface area contributed by atoms with Gasteiger partial charge in [0, 0.05) is 0 Å². The van der Waals surface area contributed by atoms with Gasteiger partial charge in [-0.25, -0.2) is 18.8 Å². The predicted molar refractivity (Wildman–Crippen MR) is 80.4 cm³/mol. The quantitative estimate of drug-likeness (QED) is 0.733. The molecule has 0 bridgehead atoms. The van der Waals surface area contributed by atoms with Crippen molar-refractivity contribution in [2.45, 2.75) is 12.8 Å². The molecule has 0 saturated carbocycles. The number of benzene rings is 2. The molecule has 2 heterocycles. The van der Waals surface area contributed by atoms with Crippen LogP contribution in [-0.4, -0.2) is 13.9 Å². The van der Waals surface area contributed by atoms with Crippen molar-refractivity contribution in [1.82, 2.24) is 13.9 Å². The molecule has 2 aromatic carbocycles. The van der Waals surface area contributed by atoms with E-state index in [1.54, 1.807) is 24.3 Å². The molecular formula is C16H13N3O3. The van der Waals surface area contributed by atoms with E-state index in [0.717, 1.165) is 4.57 Å². The Morgan fingerprint density at radius 2 is 1.50 bits per heavy atom. The second-order valence-electron chi connectivity index (χ2n) is 5.05. The van der Waals surface area contributed by atoms with Gasteiger partial charge in [0.15, 0.2) is 0 Å². The number of fused-ring (bicyclic) bond motifs is 1. The Kier molecular flexibility index (Phi) is 2.75. The Morgan fingerprint density at radius 3 is 2.18 bits per heavy atom. The van der Waals surface area contributed by atoms with Crippen LogP contribution in [0.2, 0.25) is 0 Å². The summed E-state index contributed by atoms with van der Waals surface area (Å²) in [6.07, 6.45) is -0.451. The molecule has 22 heavy (non-hydrogen) atoms. The molecule has 0 spiro atoms. The summed E-state index contributed by atoms with van der Waals surface area (Å²) in [7, 11) is 0. The van der Waals surface area contributed by atoms with E-state index in [1.807, 2.05) is 36.4 Å². The fourth-order valence-electron chi connectivity index (χ4n) is 2.61. The topological polar surface area (TPSA) is 58.2 Å². The van der Waals surface area contributed by atoms with Crippen LogP contribution >= 0.6 is 0 Å². The van der Waals surface area contributed by atoms with Gasteiger partial charge in [-0.2, -0.15) is 4.68 Å². The highest BCUT2D eigenvalue weighted by atomic mass is 16.5. The lowest BCUT2D eigenvalue weighted by Crippen LogP contribution is -2.46. The first kappa shape index (κ1) is 12.7. The maximum Gasteiger partial charge on any atom is 0.355 e. The molecule has 0 fully saturated rings. The van der Waals surface area contributed by atoms with Gasteiger partial charge < -0.3 is 4.74 Å². The van der Waals surface area contributed by atoms with Crippen molar-refractivity contribution in [3.63, 3.8) is 0 Å². The number of nitrogens with zero attached hydrogens (tertiary/aromatic N) is 3. The zero-order valence-electron chi connectivity index (χ0n) is 11.6. The van der Waals surface area contributed by atoms with E-state index >= 15 is 0 Å². The minimum absolute atomic E-state index is 0.343. The molecule has 4 rings (SSSR count). The van der Waals surface area contributed by atoms with Gasteiger partial charge in [0.05, 0.1) is 5.69 Å². The summed E-state index contributed by atoms with van der Waals surface area (Å²) in [6.45, 7) is 0.364. The lowest BCUT2D eigenvalue weighted by molar-refractivity contribution is 0.00502. The van der Waals surface area contributed by atoms with Gasteiger partial charge in [-0.15, -0.1) is 0 Å². The summed E-state index contributed by atoms with van der Waals surface area (Å²) in [6, 6.07) is 18.1. The van der Waals surface area contributed by atoms with Crippen molar-refractivity contribution in [1.29, 1.82) is 0 Å². The van der Waals surface area contributed by atoms with E-state index in [-0.39, 0.29) is 11.4 Å². The van der Waals surface area contributed by atoms with Crippen LogP contribution in [0, 0.1) is 0 Å². The normalized spacial score (nSPS) is 15.9. The van der Waals surface area contributed by atoms with Gasteiger partial charge in [-0.05, 0) is 24.3 Å². The largest absolute Gasteiger partial charge is 0.467 e. The highest BCUT2D eigenvalue weighted by Gasteiger charge is 2.34. The SMILES string of the molecule is O=c1n(-c2ccccc2)c(=O)n2n1CC2Oc1ccccc1. The molecule has 6 nitrogen and oxygen atoms in total. The summed E-state index contributed by atoms with van der Waals surface area (Å²) in [5.74, 6) is 0.672. The van der Waals surface area contributed by atoms with E-state index in [2.05, 4.69) is 0 Å². The summed E-state index contributed by atoms with van der Waals surface area (Å²) < 4.78 is 9.65. The molecule has 0 N–H and O–H groups in total. The zero-order valence-corrected chi connectivity index (χ0v) is 11.6. The Hall–Kier alpha value is -3.02. The molecule has 1 atom stereocenters. The summed E-state index contributed by atoms with van der Waals surface area (Å²) in [5.41, 5.74) is -0.169. The first-order chi connectivity index (χ1) is 10.8. The number of para-hydroxylation sites is 2. The molecule has 0 saturated heterocycles. The molecular weight excluding hydrogens is 282 g/mol. The van der Waals surface area contributed by atoms with Gasteiger partial charge in [0.1, 0.15) is 12.3 Å². The summed E-state index contributed by atoms with van der Waals surface area (Å²) in [5, 5.41) is 0. The third kappa shape index (κ3) is 1.81. The maximum absolute atomic E-state index is 12.5. The van der Waals surface area contributed by atoms with Gasteiger partial charge in [0.2, 0.25) is 6.23 Å². The molecule has 1 aliphatic heterocycles. The monoisotopic (exact) mass is 295 g/mol. The minimum atomic E-state index is -0.451. The minimum Gasteiger partial charge on any atom is -0.467 e. The van der Waals surface area contributed by atoms with Crippen LogP contribution in [0.25, 0.3) is 5.69 Å². The van der Waals surface area contributed by atoms with E-state index in [1.165, 1.54) is 9.36 Å². The van der Waals surface area contributed by atoms with Crippen molar-refractivity contribution in [2.75, 3.05) is 0 Å². The number of aromatic nitrogens is 3. The Balaban J connectivity index is 1.74. The average molecular weight is 295 g/mol. The van der Waals surface area contributed by atoms with Crippen LogP contribution < -0.4 is 16.1 Å². The molecule has 110 valence electrons. The molecule has 3 aromatic rings. The van der Waals surface area contributed by atoms with Crippen molar-refractivity contribution in [2.24, 2.45) is 0 Å². The van der Waals surface area contributed by atoms with Gasteiger partial charge in [0.25, 0.3) is 0 Å². The third-order valence-corrected chi connectivity index (χ3v) is 3.69. The Morgan fingerprint density at radius 1 is 0.864 bits per heavy atom. The fraction of sp³-hybridized carbons (Fsp3) is 0.125. The summed E-state index contributed by atoms with van der Waals surface area (Å²) in [4.78, 5) is 24.8. The third-order valence-electron chi connectivity index (χ3n) is 3.69. The standard InChI is InChI=1S/C16H13N3O3/c20-15-17-11-14(22-13-9-5-2-6-10-13)19(17)16(21)18(15)12-7-3-1-4-8-12/h1-10,14H,11H2. The van der Waals surface area contributed by atoms with Crippen LogP contribution in [0.15, 0.2) is 70.3 Å². The van der Waals surface area contributed by atoms with Crippen molar-refractivity contribution >= 4 is 0 Å². The summed E-state index contributed by atoms with van der Waals surface area (Å²) >= 11 is 0. The van der Waals surface area contributed by atoms with Crippen LogP contribution in [0.3, 0.4) is 0 Å². The van der Waals surface area contributed by atoms with Gasteiger partial charge >= 0.3 is 11.4 Å². The maximum atomic E-state index is 12.5. The van der Waals surface area contributed by atoms with Gasteiger partial charge in [-0.1, -0.05) is 36.4 Å². The van der Waals surface area contributed by atoms with Crippen LogP contribution in [0.4, 0.5) is 0 Å². The van der Waals surface area contributed by atoms with E-state index in [9.17, 15) is 9.59 Å². The van der Waals surface area contributed by atoms with E-state index < -0.39 is 6.23 Å². The smallest absolute Gasteiger partial charge is 0.355 e. The van der Waals surface area contributed by atoms with Crippen LogP contribution in [-0.2, 0) is 6.54 Å². The fourth-order valence-corrected chi connectivity index (χ4v) is 2.61. The zero-order chi connectivity index (χ0) is 15.1. The lowest BCUT2D eigenvalue weighted by atomic mass is 10.3. The van der Waals surface area contributed by atoms with E-state index in [0.29, 0.717) is 18.0 Å². The molecule has 6 heteroatoms. The van der Waals surface area contributed by atoms with E-state index in [4.69, 9.17) is 4.74 Å². The first-order valence-electron chi connectivity index (χ1n) is 6.97. The van der Waals surface area contributed by atoms with Crippen LogP contribution in [0.1, 0.15) is 6.23 Å². The highest BCUT2D eigenvalue weighted by Crippen LogP contribution is 2.21. The number of rotatable bonds is 3. The second-order valence-corrected chi connectivity index (χ2v) is 5.05. The molecule has 0 aliphatic carbocycles.